The Hall–Kier alpha value is -3.25. The third kappa shape index (κ3) is 4.78. The Labute approximate surface area is 170 Å². The average Bonchev–Trinajstić information content (AvgIpc) is 2.98. The molecule has 3 rings (SSSR count). The van der Waals surface area contributed by atoms with Gasteiger partial charge in [-0.3, -0.25) is 14.6 Å². The number of hydrogen-bond acceptors (Lipinski definition) is 5. The van der Waals surface area contributed by atoms with Gasteiger partial charge in [0.2, 0.25) is 0 Å². The number of aromatic nitrogens is 1. The molecule has 0 fully saturated rings. The van der Waals surface area contributed by atoms with E-state index < -0.39 is 17.7 Å². The van der Waals surface area contributed by atoms with E-state index in [9.17, 15) is 14.7 Å². The predicted molar refractivity (Wildman–Crippen MR) is 112 cm³/mol. The second kappa shape index (κ2) is 9.30. The molecule has 29 heavy (non-hydrogen) atoms. The van der Waals surface area contributed by atoms with E-state index in [4.69, 9.17) is 0 Å². The summed E-state index contributed by atoms with van der Waals surface area (Å²) in [5, 5.41) is 10.5. The van der Waals surface area contributed by atoms with Crippen LogP contribution < -0.4 is 0 Å². The van der Waals surface area contributed by atoms with Gasteiger partial charge in [-0.2, -0.15) is 0 Å². The highest BCUT2D eigenvalue weighted by Gasteiger charge is 2.42. The van der Waals surface area contributed by atoms with E-state index in [1.165, 1.54) is 6.08 Å². The summed E-state index contributed by atoms with van der Waals surface area (Å²) in [5.74, 6) is -1.36. The first kappa shape index (κ1) is 20.5. The van der Waals surface area contributed by atoms with Crippen molar-refractivity contribution in [2.45, 2.75) is 12.5 Å². The van der Waals surface area contributed by atoms with Gasteiger partial charge in [0.05, 0.1) is 11.6 Å². The molecule has 1 aliphatic rings. The van der Waals surface area contributed by atoms with E-state index in [1.807, 2.05) is 49.3 Å². The molecule has 6 nitrogen and oxygen atoms in total. The van der Waals surface area contributed by atoms with Crippen molar-refractivity contribution in [3.63, 3.8) is 0 Å². The molecule has 1 N–H and O–H groups in total. The quantitative estimate of drug-likeness (QED) is 0.701. The number of carbonyl (C=O) groups excluding carboxylic acids is 2. The summed E-state index contributed by atoms with van der Waals surface area (Å²) in [7, 11) is 3.93. The number of amides is 1. The minimum absolute atomic E-state index is 0.109. The Kier molecular flexibility index (Phi) is 6.57. The van der Waals surface area contributed by atoms with Gasteiger partial charge in [0.25, 0.3) is 5.91 Å². The van der Waals surface area contributed by atoms with Crippen LogP contribution in [0.3, 0.4) is 0 Å². The first-order valence-electron chi connectivity index (χ1n) is 9.55. The third-order valence-electron chi connectivity index (χ3n) is 4.82. The van der Waals surface area contributed by atoms with Crippen LogP contribution in [0, 0.1) is 0 Å². The minimum atomic E-state index is -0.624. The Bertz CT molecular complexity index is 921. The summed E-state index contributed by atoms with van der Waals surface area (Å²) in [5.41, 5.74) is 1.73. The monoisotopic (exact) mass is 391 g/mol. The molecule has 0 spiro atoms. The lowest BCUT2D eigenvalue weighted by Gasteiger charge is -2.27. The van der Waals surface area contributed by atoms with Crippen LogP contribution in [0.15, 0.2) is 72.3 Å². The van der Waals surface area contributed by atoms with E-state index in [0.29, 0.717) is 6.54 Å². The van der Waals surface area contributed by atoms with Crippen molar-refractivity contribution in [3.05, 3.63) is 83.4 Å². The van der Waals surface area contributed by atoms with Gasteiger partial charge in [-0.1, -0.05) is 36.4 Å². The van der Waals surface area contributed by atoms with Crippen molar-refractivity contribution in [1.29, 1.82) is 0 Å². The molecule has 1 atom stereocenters. The average molecular weight is 391 g/mol. The van der Waals surface area contributed by atoms with Crippen LogP contribution in [0.1, 0.15) is 23.6 Å². The molecular formula is C23H25N3O3. The van der Waals surface area contributed by atoms with Crippen LogP contribution >= 0.6 is 0 Å². The number of carbonyl (C=O) groups is 2. The Balaban J connectivity index is 1.91. The molecule has 1 aromatic heterocycles. The first-order valence-corrected chi connectivity index (χ1v) is 9.55. The number of aliphatic hydroxyl groups is 1. The van der Waals surface area contributed by atoms with Gasteiger partial charge in [0.1, 0.15) is 0 Å². The zero-order valence-electron chi connectivity index (χ0n) is 16.7. The van der Waals surface area contributed by atoms with Gasteiger partial charge >= 0.3 is 0 Å². The van der Waals surface area contributed by atoms with Gasteiger partial charge in [-0.25, -0.2) is 0 Å². The number of aliphatic hydroxyl groups excluding tert-OH is 1. The standard InChI is InChI=1S/C23H25N3O3/c1-25(2)15-6-16-26-21(18-11-13-24-14-12-18)20(22(28)23(26)29)19(27)10-9-17-7-4-3-5-8-17/h3-5,7-14,21,28H,6,15-16H2,1-2H3/b10-9+. The molecule has 1 aliphatic heterocycles. The number of allylic oxidation sites excluding steroid dienone is 1. The fourth-order valence-electron chi connectivity index (χ4n) is 3.41. The third-order valence-corrected chi connectivity index (χ3v) is 4.82. The Morgan fingerprint density at radius 3 is 2.52 bits per heavy atom. The lowest BCUT2D eigenvalue weighted by Crippen LogP contribution is -2.33. The number of rotatable bonds is 8. The topological polar surface area (TPSA) is 73.7 Å². The van der Waals surface area contributed by atoms with Crippen molar-refractivity contribution in [2.24, 2.45) is 0 Å². The number of ketones is 1. The highest BCUT2D eigenvalue weighted by molar-refractivity contribution is 6.14. The summed E-state index contributed by atoms with van der Waals surface area (Å²) in [6.45, 7) is 1.23. The maximum Gasteiger partial charge on any atom is 0.290 e. The van der Waals surface area contributed by atoms with Crippen LogP contribution in [0.25, 0.3) is 6.08 Å². The zero-order chi connectivity index (χ0) is 20.8. The normalized spacial score (nSPS) is 17.0. The van der Waals surface area contributed by atoms with E-state index in [0.717, 1.165) is 24.1 Å². The molecule has 0 radical (unpaired) electrons. The van der Waals surface area contributed by atoms with E-state index in [1.54, 1.807) is 35.5 Å². The number of pyridine rings is 1. The molecule has 2 heterocycles. The van der Waals surface area contributed by atoms with Gasteiger partial charge in [0, 0.05) is 18.9 Å². The Morgan fingerprint density at radius 2 is 1.86 bits per heavy atom. The smallest absolute Gasteiger partial charge is 0.290 e. The largest absolute Gasteiger partial charge is 0.503 e. The molecule has 6 heteroatoms. The maximum absolute atomic E-state index is 13.0. The summed E-state index contributed by atoms with van der Waals surface area (Å²) >= 11 is 0. The number of hydrogen-bond donors (Lipinski definition) is 1. The fourth-order valence-corrected chi connectivity index (χ4v) is 3.41. The van der Waals surface area contributed by atoms with Crippen molar-refractivity contribution in [2.75, 3.05) is 27.2 Å². The molecule has 150 valence electrons. The second-order valence-corrected chi connectivity index (χ2v) is 7.21. The highest BCUT2D eigenvalue weighted by Crippen LogP contribution is 2.37. The van der Waals surface area contributed by atoms with Crippen LogP contribution in [0.5, 0.6) is 0 Å². The second-order valence-electron chi connectivity index (χ2n) is 7.21. The molecule has 0 saturated heterocycles. The summed E-state index contributed by atoms with van der Waals surface area (Å²) < 4.78 is 0. The van der Waals surface area contributed by atoms with Gasteiger partial charge in [0.15, 0.2) is 11.5 Å². The van der Waals surface area contributed by atoms with Gasteiger partial charge in [-0.15, -0.1) is 0 Å². The SMILES string of the molecule is CN(C)CCCN1C(=O)C(O)=C(C(=O)/C=C/c2ccccc2)C1c1ccncc1. The van der Waals surface area contributed by atoms with E-state index in [2.05, 4.69) is 4.98 Å². The molecule has 1 unspecified atom stereocenters. The maximum atomic E-state index is 13.0. The molecule has 0 bridgehead atoms. The van der Waals surface area contributed by atoms with Crippen molar-refractivity contribution < 1.29 is 14.7 Å². The number of benzene rings is 1. The lowest BCUT2D eigenvalue weighted by molar-refractivity contribution is -0.129. The van der Waals surface area contributed by atoms with Crippen LogP contribution in [-0.2, 0) is 9.59 Å². The van der Waals surface area contributed by atoms with Crippen molar-refractivity contribution in [3.8, 4) is 0 Å². The van der Waals surface area contributed by atoms with Crippen LogP contribution in [-0.4, -0.2) is 58.8 Å². The molecular weight excluding hydrogens is 366 g/mol. The summed E-state index contributed by atoms with van der Waals surface area (Å²) in [4.78, 5) is 33.4. The highest BCUT2D eigenvalue weighted by atomic mass is 16.3. The molecule has 0 saturated carbocycles. The van der Waals surface area contributed by atoms with Crippen LogP contribution in [0.4, 0.5) is 0 Å². The fraction of sp³-hybridized carbons (Fsp3) is 0.261. The van der Waals surface area contributed by atoms with E-state index in [-0.39, 0.29) is 11.4 Å². The van der Waals surface area contributed by atoms with Gasteiger partial charge in [-0.05, 0) is 56.4 Å². The first-order chi connectivity index (χ1) is 14.0. The van der Waals surface area contributed by atoms with Crippen molar-refractivity contribution >= 4 is 17.8 Å². The minimum Gasteiger partial charge on any atom is -0.503 e. The van der Waals surface area contributed by atoms with E-state index >= 15 is 0 Å². The van der Waals surface area contributed by atoms with Gasteiger partial charge < -0.3 is 14.9 Å². The Morgan fingerprint density at radius 1 is 1.17 bits per heavy atom. The van der Waals surface area contributed by atoms with Crippen LogP contribution in [0.2, 0.25) is 0 Å². The number of nitrogens with zero attached hydrogens (tertiary/aromatic N) is 3. The molecule has 2 aromatic rings. The van der Waals surface area contributed by atoms with Crippen molar-refractivity contribution in [1.82, 2.24) is 14.8 Å². The molecule has 1 aromatic carbocycles. The predicted octanol–water partition coefficient (Wildman–Crippen LogP) is 3.01. The zero-order valence-corrected chi connectivity index (χ0v) is 16.7. The summed E-state index contributed by atoms with van der Waals surface area (Å²) in [6, 6.07) is 12.3. The lowest BCUT2D eigenvalue weighted by atomic mass is 9.96. The molecule has 1 amide bonds. The molecule has 0 aliphatic carbocycles. The summed E-state index contributed by atoms with van der Waals surface area (Å²) in [6.07, 6.45) is 7.07.